The van der Waals surface area contributed by atoms with Gasteiger partial charge in [-0.15, -0.1) is 0 Å². The molecule has 1 aromatic carbocycles. The highest BCUT2D eigenvalue weighted by molar-refractivity contribution is 5.92. The van der Waals surface area contributed by atoms with Crippen LogP contribution in [0.4, 0.5) is 5.82 Å². The lowest BCUT2D eigenvalue weighted by atomic mass is 10.1. The Kier molecular flexibility index (Phi) is 8.04. The zero-order valence-electron chi connectivity index (χ0n) is 17.3. The molecule has 0 bridgehead atoms. The Balaban J connectivity index is 1.93. The summed E-state index contributed by atoms with van der Waals surface area (Å²) >= 11 is 0. The van der Waals surface area contributed by atoms with Crippen molar-refractivity contribution >= 4 is 11.7 Å². The molecule has 152 valence electrons. The molecule has 7 heteroatoms. The molecule has 1 amide bonds. The van der Waals surface area contributed by atoms with Gasteiger partial charge in [-0.2, -0.15) is 0 Å². The molecule has 0 fully saturated rings. The molecule has 0 radical (unpaired) electrons. The number of methoxy groups -OCH3 is 2. The molecular weight excluding hydrogens is 356 g/mol. The van der Waals surface area contributed by atoms with Crippen LogP contribution in [0.3, 0.4) is 0 Å². The quantitative estimate of drug-likeness (QED) is 0.652. The molecule has 2 N–H and O–H groups in total. The van der Waals surface area contributed by atoms with E-state index in [1.165, 1.54) is 0 Å². The first-order valence-corrected chi connectivity index (χ1v) is 9.51. The number of nitrogens with one attached hydrogen (secondary N) is 2. The van der Waals surface area contributed by atoms with Crippen LogP contribution in [0.1, 0.15) is 42.1 Å². The number of benzene rings is 1. The van der Waals surface area contributed by atoms with Crippen molar-refractivity contribution in [3.8, 4) is 11.5 Å². The Hall–Kier alpha value is -2.83. The first-order chi connectivity index (χ1) is 13.4. The smallest absolute Gasteiger partial charge is 0.270 e. The molecule has 28 heavy (non-hydrogen) atoms. The first-order valence-electron chi connectivity index (χ1n) is 9.51. The minimum atomic E-state index is -0.210. The Morgan fingerprint density at radius 1 is 1.07 bits per heavy atom. The van der Waals surface area contributed by atoms with Gasteiger partial charge in [0.05, 0.1) is 14.2 Å². The molecule has 0 aliphatic rings. The van der Waals surface area contributed by atoms with Gasteiger partial charge in [-0.3, -0.25) is 4.79 Å². The minimum Gasteiger partial charge on any atom is -0.493 e. The van der Waals surface area contributed by atoms with Crippen molar-refractivity contribution in [3.05, 3.63) is 41.3 Å². The van der Waals surface area contributed by atoms with Crippen LogP contribution in [0.5, 0.6) is 11.5 Å². The second-order valence-corrected chi connectivity index (χ2v) is 6.99. The number of aryl methyl sites for hydroxylation is 1. The third-order valence-corrected chi connectivity index (χ3v) is 4.25. The highest BCUT2D eigenvalue weighted by Gasteiger charge is 2.11. The number of carbonyl (C=O) groups excluding carboxylic acids is 1. The van der Waals surface area contributed by atoms with Crippen LogP contribution >= 0.6 is 0 Å². The number of hydrogen-bond acceptors (Lipinski definition) is 6. The van der Waals surface area contributed by atoms with E-state index in [0.29, 0.717) is 47.7 Å². The average Bonchev–Trinajstić information content (AvgIpc) is 2.67. The summed E-state index contributed by atoms with van der Waals surface area (Å²) in [6.07, 6.45) is 1.71. The van der Waals surface area contributed by atoms with Gasteiger partial charge in [-0.05, 0) is 43.4 Å². The second kappa shape index (κ2) is 10.5. The predicted octanol–water partition coefficient (Wildman–Crippen LogP) is 3.23. The van der Waals surface area contributed by atoms with E-state index in [2.05, 4.69) is 34.4 Å². The molecular formula is C21H30N4O3. The summed E-state index contributed by atoms with van der Waals surface area (Å²) in [5.74, 6) is 3.00. The fourth-order valence-electron chi connectivity index (χ4n) is 2.71. The number of hydrogen-bond donors (Lipinski definition) is 2. The average molecular weight is 386 g/mol. The van der Waals surface area contributed by atoms with Crippen molar-refractivity contribution < 1.29 is 14.3 Å². The minimum absolute atomic E-state index is 0.210. The van der Waals surface area contributed by atoms with Crippen molar-refractivity contribution in [2.45, 2.75) is 33.6 Å². The third kappa shape index (κ3) is 6.40. The number of rotatable bonds is 10. The summed E-state index contributed by atoms with van der Waals surface area (Å²) in [7, 11) is 3.21. The van der Waals surface area contributed by atoms with E-state index >= 15 is 0 Å². The molecule has 1 aromatic heterocycles. The maximum Gasteiger partial charge on any atom is 0.270 e. The predicted molar refractivity (Wildman–Crippen MR) is 110 cm³/mol. The summed E-state index contributed by atoms with van der Waals surface area (Å²) in [5.41, 5.74) is 1.42. The van der Waals surface area contributed by atoms with E-state index in [4.69, 9.17) is 9.47 Å². The molecule has 0 saturated heterocycles. The second-order valence-electron chi connectivity index (χ2n) is 6.99. The van der Waals surface area contributed by atoms with E-state index in [1.54, 1.807) is 27.2 Å². The van der Waals surface area contributed by atoms with Gasteiger partial charge in [0, 0.05) is 19.2 Å². The van der Waals surface area contributed by atoms with E-state index in [0.717, 1.165) is 18.5 Å². The molecule has 0 aliphatic heterocycles. The van der Waals surface area contributed by atoms with Crippen LogP contribution in [0.25, 0.3) is 0 Å². The number of amides is 1. The Morgan fingerprint density at radius 2 is 1.82 bits per heavy atom. The van der Waals surface area contributed by atoms with Gasteiger partial charge < -0.3 is 20.1 Å². The van der Waals surface area contributed by atoms with Crippen LogP contribution in [-0.2, 0) is 6.42 Å². The summed E-state index contributed by atoms with van der Waals surface area (Å²) < 4.78 is 10.6. The van der Waals surface area contributed by atoms with E-state index in [9.17, 15) is 4.79 Å². The van der Waals surface area contributed by atoms with E-state index in [-0.39, 0.29) is 5.91 Å². The Labute approximate surface area is 166 Å². The van der Waals surface area contributed by atoms with Crippen molar-refractivity contribution in [2.75, 3.05) is 32.6 Å². The summed E-state index contributed by atoms with van der Waals surface area (Å²) in [4.78, 5) is 21.1. The maximum atomic E-state index is 12.5. The largest absolute Gasteiger partial charge is 0.493 e. The molecule has 0 saturated carbocycles. The third-order valence-electron chi connectivity index (χ3n) is 4.25. The lowest BCUT2D eigenvalue weighted by Gasteiger charge is -2.11. The highest BCUT2D eigenvalue weighted by atomic mass is 16.5. The SMILES string of the molecule is COc1ccc(CCNC(=O)c2cc(NCCC(C)C)nc(C)n2)cc1OC. The maximum absolute atomic E-state index is 12.5. The van der Waals surface area contributed by atoms with Crippen LogP contribution in [0.15, 0.2) is 24.3 Å². The zero-order valence-corrected chi connectivity index (χ0v) is 17.3. The summed E-state index contributed by atoms with van der Waals surface area (Å²) in [6.45, 7) is 7.43. The molecule has 2 rings (SSSR count). The van der Waals surface area contributed by atoms with Crippen LogP contribution < -0.4 is 20.1 Å². The molecule has 2 aromatic rings. The number of ether oxygens (including phenoxy) is 2. The van der Waals surface area contributed by atoms with Crippen LogP contribution in [-0.4, -0.2) is 43.2 Å². The monoisotopic (exact) mass is 386 g/mol. The molecule has 1 heterocycles. The zero-order chi connectivity index (χ0) is 20.5. The fraction of sp³-hybridized carbons (Fsp3) is 0.476. The molecule has 0 aliphatic carbocycles. The summed E-state index contributed by atoms with van der Waals surface area (Å²) in [5, 5.41) is 6.17. The molecule has 0 atom stereocenters. The number of nitrogens with zero attached hydrogens (tertiary/aromatic N) is 2. The van der Waals surface area contributed by atoms with Gasteiger partial charge in [-0.25, -0.2) is 9.97 Å². The standard InChI is InChI=1S/C21H30N4O3/c1-14(2)8-10-22-20-13-17(24-15(3)25-20)21(26)23-11-9-16-6-7-18(27-4)19(12-16)28-5/h6-7,12-14H,8-11H2,1-5H3,(H,23,26)(H,22,24,25). The number of aromatic nitrogens is 2. The summed E-state index contributed by atoms with van der Waals surface area (Å²) in [6, 6.07) is 7.42. The van der Waals surface area contributed by atoms with Gasteiger partial charge in [0.2, 0.25) is 0 Å². The molecule has 0 spiro atoms. The van der Waals surface area contributed by atoms with E-state index in [1.807, 2.05) is 18.2 Å². The van der Waals surface area contributed by atoms with Crippen molar-refractivity contribution in [2.24, 2.45) is 5.92 Å². The van der Waals surface area contributed by atoms with Crippen molar-refractivity contribution in [1.82, 2.24) is 15.3 Å². The van der Waals surface area contributed by atoms with Gasteiger partial charge in [-0.1, -0.05) is 19.9 Å². The molecule has 0 unspecified atom stereocenters. The topological polar surface area (TPSA) is 85.4 Å². The lowest BCUT2D eigenvalue weighted by Crippen LogP contribution is -2.27. The van der Waals surface area contributed by atoms with Gasteiger partial charge in [0.15, 0.2) is 11.5 Å². The van der Waals surface area contributed by atoms with Gasteiger partial charge in [0.25, 0.3) is 5.91 Å². The van der Waals surface area contributed by atoms with Gasteiger partial charge >= 0.3 is 0 Å². The Morgan fingerprint density at radius 3 is 2.50 bits per heavy atom. The number of anilines is 1. The molecule has 7 nitrogen and oxygen atoms in total. The highest BCUT2D eigenvalue weighted by Crippen LogP contribution is 2.27. The normalized spacial score (nSPS) is 10.6. The van der Waals surface area contributed by atoms with Crippen molar-refractivity contribution in [3.63, 3.8) is 0 Å². The Bertz CT molecular complexity index is 793. The van der Waals surface area contributed by atoms with Crippen LogP contribution in [0.2, 0.25) is 0 Å². The number of carbonyl (C=O) groups is 1. The fourth-order valence-corrected chi connectivity index (χ4v) is 2.71. The van der Waals surface area contributed by atoms with E-state index < -0.39 is 0 Å². The van der Waals surface area contributed by atoms with Crippen LogP contribution in [0, 0.1) is 12.8 Å². The van der Waals surface area contributed by atoms with Crippen molar-refractivity contribution in [1.29, 1.82) is 0 Å². The van der Waals surface area contributed by atoms with Gasteiger partial charge in [0.1, 0.15) is 17.3 Å². The lowest BCUT2D eigenvalue weighted by molar-refractivity contribution is 0.0949. The first kappa shape index (κ1) is 21.5.